The summed E-state index contributed by atoms with van der Waals surface area (Å²) in [5.74, 6) is 0.123. The van der Waals surface area contributed by atoms with Gasteiger partial charge in [0, 0.05) is 51.0 Å². The highest BCUT2D eigenvalue weighted by Crippen LogP contribution is 1.96. The summed E-state index contributed by atoms with van der Waals surface area (Å²) < 4.78 is 0. The molecule has 0 unspecified atom stereocenters. The number of piperazine rings is 1. The molecule has 0 bridgehead atoms. The Kier molecular flexibility index (Phi) is 4.58. The number of amides is 1. The molecular formula is C12H20N4O. The van der Waals surface area contributed by atoms with Crippen LogP contribution in [-0.4, -0.2) is 48.5 Å². The molecule has 0 aromatic carbocycles. The first kappa shape index (κ1) is 12.1. The van der Waals surface area contributed by atoms with Crippen molar-refractivity contribution in [3.8, 4) is 0 Å². The predicted octanol–water partition coefficient (Wildman–Crippen LogP) is -0.0738. The smallest absolute Gasteiger partial charge is 0.221 e. The van der Waals surface area contributed by atoms with Gasteiger partial charge in [-0.1, -0.05) is 0 Å². The van der Waals surface area contributed by atoms with Crippen LogP contribution < -0.4 is 10.6 Å². The fraction of sp³-hybridized carbons (Fsp3) is 0.583. The highest BCUT2D eigenvalue weighted by atomic mass is 16.1. The minimum Gasteiger partial charge on any atom is -0.364 e. The van der Waals surface area contributed by atoms with Crippen LogP contribution >= 0.6 is 0 Å². The van der Waals surface area contributed by atoms with Gasteiger partial charge in [0.1, 0.15) is 0 Å². The number of nitrogens with one attached hydrogen (secondary N) is 3. The number of hydrogen-bond acceptors (Lipinski definition) is 3. The molecule has 0 atom stereocenters. The Balaban J connectivity index is 1.60. The lowest BCUT2D eigenvalue weighted by atomic mass is 10.3. The molecule has 2 rings (SSSR count). The summed E-state index contributed by atoms with van der Waals surface area (Å²) in [5, 5.41) is 6.21. The van der Waals surface area contributed by atoms with Crippen molar-refractivity contribution >= 4 is 5.91 Å². The summed E-state index contributed by atoms with van der Waals surface area (Å²) in [4.78, 5) is 17.0. The minimum atomic E-state index is 0.123. The van der Waals surface area contributed by atoms with Crippen molar-refractivity contribution < 1.29 is 4.79 Å². The standard InChI is InChI=1S/C12H20N4O/c17-12(15-10-11-2-1-4-14-11)3-7-16-8-5-13-6-9-16/h1-2,4,13-14H,3,5-10H2,(H,15,17). The van der Waals surface area contributed by atoms with Crippen LogP contribution in [0.2, 0.25) is 0 Å². The number of aromatic amines is 1. The average Bonchev–Trinajstić information content (AvgIpc) is 2.88. The molecule has 1 fully saturated rings. The molecule has 5 nitrogen and oxygen atoms in total. The van der Waals surface area contributed by atoms with Gasteiger partial charge in [-0.25, -0.2) is 0 Å². The third kappa shape index (κ3) is 4.20. The first-order valence-electron chi connectivity index (χ1n) is 6.16. The lowest BCUT2D eigenvalue weighted by Crippen LogP contribution is -2.44. The monoisotopic (exact) mass is 236 g/mol. The highest BCUT2D eigenvalue weighted by molar-refractivity contribution is 5.75. The number of aromatic nitrogens is 1. The molecule has 0 spiro atoms. The van der Waals surface area contributed by atoms with Gasteiger partial charge in [0.2, 0.25) is 5.91 Å². The van der Waals surface area contributed by atoms with E-state index < -0.39 is 0 Å². The lowest BCUT2D eigenvalue weighted by molar-refractivity contribution is -0.121. The quantitative estimate of drug-likeness (QED) is 0.670. The fourth-order valence-electron chi connectivity index (χ4n) is 1.95. The molecule has 0 radical (unpaired) electrons. The summed E-state index contributed by atoms with van der Waals surface area (Å²) in [6.07, 6.45) is 2.45. The summed E-state index contributed by atoms with van der Waals surface area (Å²) >= 11 is 0. The first-order chi connectivity index (χ1) is 8.34. The van der Waals surface area contributed by atoms with Gasteiger partial charge in [-0.2, -0.15) is 0 Å². The number of carbonyl (C=O) groups excluding carboxylic acids is 1. The maximum Gasteiger partial charge on any atom is 0.221 e. The molecule has 0 saturated carbocycles. The number of H-pyrrole nitrogens is 1. The zero-order valence-corrected chi connectivity index (χ0v) is 10.0. The summed E-state index contributed by atoms with van der Waals surface area (Å²) in [6.45, 7) is 5.60. The first-order valence-corrected chi connectivity index (χ1v) is 6.16. The van der Waals surface area contributed by atoms with Gasteiger partial charge in [-0.3, -0.25) is 4.79 Å². The maximum absolute atomic E-state index is 11.6. The van der Waals surface area contributed by atoms with Crippen LogP contribution in [0.15, 0.2) is 18.3 Å². The summed E-state index contributed by atoms with van der Waals surface area (Å²) in [6, 6.07) is 3.90. The fourth-order valence-corrected chi connectivity index (χ4v) is 1.95. The van der Waals surface area contributed by atoms with E-state index in [4.69, 9.17) is 0 Å². The van der Waals surface area contributed by atoms with Gasteiger partial charge >= 0.3 is 0 Å². The van der Waals surface area contributed by atoms with Crippen molar-refractivity contribution in [2.45, 2.75) is 13.0 Å². The Morgan fingerprint density at radius 2 is 2.24 bits per heavy atom. The second-order valence-electron chi connectivity index (χ2n) is 4.31. The van der Waals surface area contributed by atoms with Crippen molar-refractivity contribution in [2.75, 3.05) is 32.7 Å². The molecule has 17 heavy (non-hydrogen) atoms. The van der Waals surface area contributed by atoms with E-state index in [2.05, 4.69) is 20.5 Å². The molecule has 3 N–H and O–H groups in total. The molecule has 0 aliphatic carbocycles. The van der Waals surface area contributed by atoms with E-state index in [1.165, 1.54) is 0 Å². The van der Waals surface area contributed by atoms with Gasteiger partial charge in [-0.05, 0) is 12.1 Å². The number of nitrogens with zero attached hydrogens (tertiary/aromatic N) is 1. The highest BCUT2D eigenvalue weighted by Gasteiger charge is 2.10. The molecule has 1 amide bonds. The second kappa shape index (κ2) is 6.42. The molecule has 1 aromatic heterocycles. The predicted molar refractivity (Wildman–Crippen MR) is 66.6 cm³/mol. The summed E-state index contributed by atoms with van der Waals surface area (Å²) in [5.41, 5.74) is 1.04. The lowest BCUT2D eigenvalue weighted by Gasteiger charge is -2.26. The minimum absolute atomic E-state index is 0.123. The molecule has 2 heterocycles. The maximum atomic E-state index is 11.6. The van der Waals surface area contributed by atoms with E-state index in [0.717, 1.165) is 38.4 Å². The SMILES string of the molecule is O=C(CCN1CCNCC1)NCc1ccc[nH]1. The molecule has 94 valence electrons. The summed E-state index contributed by atoms with van der Waals surface area (Å²) in [7, 11) is 0. The van der Waals surface area contributed by atoms with Crippen molar-refractivity contribution in [2.24, 2.45) is 0 Å². The van der Waals surface area contributed by atoms with Crippen molar-refractivity contribution in [3.05, 3.63) is 24.0 Å². The van der Waals surface area contributed by atoms with Gasteiger partial charge in [0.05, 0.1) is 6.54 Å². The largest absolute Gasteiger partial charge is 0.364 e. The van der Waals surface area contributed by atoms with Crippen molar-refractivity contribution in [1.29, 1.82) is 0 Å². The van der Waals surface area contributed by atoms with Gasteiger partial charge in [-0.15, -0.1) is 0 Å². The Labute approximate surface area is 102 Å². The molecule has 1 aliphatic heterocycles. The third-order valence-corrected chi connectivity index (χ3v) is 3.00. The van der Waals surface area contributed by atoms with Crippen LogP contribution in [0.4, 0.5) is 0 Å². The molecule has 1 aromatic rings. The van der Waals surface area contributed by atoms with Crippen LogP contribution in [0, 0.1) is 0 Å². The number of carbonyl (C=O) groups is 1. The molecular weight excluding hydrogens is 216 g/mol. The van der Waals surface area contributed by atoms with Crippen LogP contribution in [0.25, 0.3) is 0 Å². The molecule has 1 aliphatic rings. The van der Waals surface area contributed by atoms with Crippen molar-refractivity contribution in [3.63, 3.8) is 0 Å². The van der Waals surface area contributed by atoms with E-state index in [-0.39, 0.29) is 5.91 Å². The van der Waals surface area contributed by atoms with Gasteiger partial charge in [0.25, 0.3) is 0 Å². The van der Waals surface area contributed by atoms with E-state index in [9.17, 15) is 4.79 Å². The van der Waals surface area contributed by atoms with E-state index >= 15 is 0 Å². The van der Waals surface area contributed by atoms with Crippen LogP contribution in [0.5, 0.6) is 0 Å². The van der Waals surface area contributed by atoms with Gasteiger partial charge in [0.15, 0.2) is 0 Å². The average molecular weight is 236 g/mol. The molecule has 5 heteroatoms. The Bertz CT molecular complexity index is 330. The number of hydrogen-bond donors (Lipinski definition) is 3. The van der Waals surface area contributed by atoms with E-state index in [1.54, 1.807) is 0 Å². The van der Waals surface area contributed by atoms with Crippen LogP contribution in [-0.2, 0) is 11.3 Å². The Morgan fingerprint density at radius 1 is 1.41 bits per heavy atom. The van der Waals surface area contributed by atoms with Crippen LogP contribution in [0.1, 0.15) is 12.1 Å². The zero-order chi connectivity index (χ0) is 11.9. The van der Waals surface area contributed by atoms with Crippen LogP contribution in [0.3, 0.4) is 0 Å². The number of rotatable bonds is 5. The van der Waals surface area contributed by atoms with Gasteiger partial charge < -0.3 is 20.5 Å². The van der Waals surface area contributed by atoms with E-state index in [1.807, 2.05) is 18.3 Å². The molecule has 1 saturated heterocycles. The Morgan fingerprint density at radius 3 is 2.94 bits per heavy atom. The Hall–Kier alpha value is -1.33. The zero-order valence-electron chi connectivity index (χ0n) is 10.0. The van der Waals surface area contributed by atoms with E-state index in [0.29, 0.717) is 13.0 Å². The third-order valence-electron chi connectivity index (χ3n) is 3.00. The topological polar surface area (TPSA) is 60.2 Å². The second-order valence-corrected chi connectivity index (χ2v) is 4.31. The van der Waals surface area contributed by atoms with Crippen molar-refractivity contribution in [1.82, 2.24) is 20.5 Å². The normalized spacial score (nSPS) is 16.9.